The lowest BCUT2D eigenvalue weighted by atomic mass is 9.95. The van der Waals surface area contributed by atoms with Gasteiger partial charge in [-0.15, -0.1) is 0 Å². The number of imidazole rings is 1. The van der Waals surface area contributed by atoms with Gasteiger partial charge in [0.15, 0.2) is 11.6 Å². The SMILES string of the molecule is CCOc1cc(CC)cc(C(Nc2ccc3c(N)nccc3c2)c2nc(-c3ccccc3)cn2C(C)(CC)C(N)=O)c1F. The van der Waals surface area contributed by atoms with Crippen molar-refractivity contribution in [1.29, 1.82) is 0 Å². The standard InChI is InChI=1S/C34H37FN6O2/c1-5-21-17-26(29(35)28(18-21)43-7-3)30(39-24-13-14-25-23(19-24)15-16-38-31(25)36)32-40-27(22-11-9-8-10-12-22)20-41(32)34(4,6-2)33(37)42/h8-20,30,39H,5-7H2,1-4H3,(H2,36,38)(H2,37,42). The van der Waals surface area contributed by atoms with Gasteiger partial charge in [-0.1, -0.05) is 50.2 Å². The predicted octanol–water partition coefficient (Wildman–Crippen LogP) is 6.59. The Hall–Kier alpha value is -4.92. The average molecular weight is 581 g/mol. The summed E-state index contributed by atoms with van der Waals surface area (Å²) >= 11 is 0. The van der Waals surface area contributed by atoms with Crippen LogP contribution in [0.3, 0.4) is 0 Å². The molecule has 5 rings (SSSR count). The maximum atomic E-state index is 16.4. The number of hydrogen-bond acceptors (Lipinski definition) is 6. The molecule has 2 atom stereocenters. The molecule has 2 aromatic heterocycles. The Morgan fingerprint density at radius 3 is 2.53 bits per heavy atom. The fourth-order valence-corrected chi connectivity index (χ4v) is 5.30. The van der Waals surface area contributed by atoms with Crippen LogP contribution in [-0.4, -0.2) is 27.0 Å². The van der Waals surface area contributed by atoms with E-state index in [1.54, 1.807) is 23.8 Å². The highest BCUT2D eigenvalue weighted by atomic mass is 19.1. The molecule has 43 heavy (non-hydrogen) atoms. The summed E-state index contributed by atoms with van der Waals surface area (Å²) in [7, 11) is 0. The molecule has 0 aliphatic rings. The molecule has 0 fully saturated rings. The Morgan fingerprint density at radius 2 is 1.86 bits per heavy atom. The molecule has 5 N–H and O–H groups in total. The van der Waals surface area contributed by atoms with Crippen molar-refractivity contribution < 1.29 is 13.9 Å². The third kappa shape index (κ3) is 5.62. The van der Waals surface area contributed by atoms with Gasteiger partial charge in [0.2, 0.25) is 5.91 Å². The van der Waals surface area contributed by atoms with E-state index in [0.717, 1.165) is 21.9 Å². The molecule has 0 saturated carbocycles. The Kier molecular flexibility index (Phi) is 8.34. The number of nitrogens with two attached hydrogens (primary N) is 2. The van der Waals surface area contributed by atoms with Crippen LogP contribution in [0.4, 0.5) is 15.9 Å². The number of carbonyl (C=O) groups excluding carboxylic acids is 1. The number of aromatic nitrogens is 3. The molecule has 5 aromatic rings. The van der Waals surface area contributed by atoms with Gasteiger partial charge in [0.05, 0.1) is 12.3 Å². The summed E-state index contributed by atoms with van der Waals surface area (Å²) in [4.78, 5) is 22.2. The second kappa shape index (κ2) is 12.1. The van der Waals surface area contributed by atoms with Gasteiger partial charge in [-0.3, -0.25) is 4.79 Å². The Bertz CT molecular complexity index is 1770. The normalized spacial score (nSPS) is 13.4. The van der Waals surface area contributed by atoms with Crippen LogP contribution in [0.1, 0.15) is 57.1 Å². The molecular formula is C34H37FN6O2. The highest BCUT2D eigenvalue weighted by Crippen LogP contribution is 2.38. The van der Waals surface area contributed by atoms with Crippen LogP contribution in [0.25, 0.3) is 22.0 Å². The minimum Gasteiger partial charge on any atom is -0.491 e. The number of carbonyl (C=O) groups is 1. The molecule has 0 aliphatic heterocycles. The van der Waals surface area contributed by atoms with Gasteiger partial charge in [-0.2, -0.15) is 0 Å². The van der Waals surface area contributed by atoms with E-state index < -0.39 is 23.3 Å². The number of amides is 1. The minimum absolute atomic E-state index is 0.163. The first-order chi connectivity index (χ1) is 20.7. The maximum absolute atomic E-state index is 16.4. The fourth-order valence-electron chi connectivity index (χ4n) is 5.30. The van der Waals surface area contributed by atoms with Crippen LogP contribution < -0.4 is 21.5 Å². The number of nitrogens with zero attached hydrogens (tertiary/aromatic N) is 3. The smallest absolute Gasteiger partial charge is 0.243 e. The number of fused-ring (bicyclic) bond motifs is 1. The zero-order chi connectivity index (χ0) is 30.7. The minimum atomic E-state index is -1.14. The van der Waals surface area contributed by atoms with Gasteiger partial charge >= 0.3 is 0 Å². The lowest BCUT2D eigenvalue weighted by Gasteiger charge is -2.31. The first-order valence-electron chi connectivity index (χ1n) is 14.5. The molecule has 0 aliphatic carbocycles. The van der Waals surface area contributed by atoms with Crippen LogP contribution in [-0.2, 0) is 16.8 Å². The second-order valence-corrected chi connectivity index (χ2v) is 10.7. The van der Waals surface area contributed by atoms with Crippen molar-refractivity contribution in [2.75, 3.05) is 17.7 Å². The maximum Gasteiger partial charge on any atom is 0.243 e. The number of rotatable bonds is 11. The number of primary amides is 1. The molecule has 0 saturated heterocycles. The topological polar surface area (TPSA) is 121 Å². The first kappa shape index (κ1) is 29.6. The summed E-state index contributed by atoms with van der Waals surface area (Å²) in [6.45, 7) is 7.81. The number of nitrogens with one attached hydrogen (secondary N) is 1. The number of ether oxygens (including phenoxy) is 1. The monoisotopic (exact) mass is 580 g/mol. The molecule has 2 heterocycles. The molecule has 1 amide bonds. The molecule has 0 spiro atoms. The highest BCUT2D eigenvalue weighted by molar-refractivity contribution is 5.93. The molecule has 8 nitrogen and oxygen atoms in total. The van der Waals surface area contributed by atoms with Crippen molar-refractivity contribution in [3.05, 3.63) is 102 Å². The van der Waals surface area contributed by atoms with Crippen LogP contribution in [0, 0.1) is 5.82 Å². The Labute approximate surface area is 250 Å². The summed E-state index contributed by atoms with van der Waals surface area (Å²) < 4.78 is 23.9. The number of benzene rings is 3. The van der Waals surface area contributed by atoms with Crippen molar-refractivity contribution >= 4 is 28.2 Å². The Morgan fingerprint density at radius 1 is 1.09 bits per heavy atom. The summed E-state index contributed by atoms with van der Waals surface area (Å²) in [6.07, 6.45) is 4.54. The third-order valence-corrected chi connectivity index (χ3v) is 8.06. The van der Waals surface area contributed by atoms with Crippen molar-refractivity contribution in [1.82, 2.24) is 14.5 Å². The van der Waals surface area contributed by atoms with E-state index in [1.165, 1.54) is 0 Å². The van der Waals surface area contributed by atoms with E-state index in [0.29, 0.717) is 48.0 Å². The predicted molar refractivity (Wildman–Crippen MR) is 169 cm³/mol. The fraction of sp³-hybridized carbons (Fsp3) is 0.265. The van der Waals surface area contributed by atoms with E-state index in [4.69, 9.17) is 21.2 Å². The average Bonchev–Trinajstić information content (AvgIpc) is 3.47. The lowest BCUT2D eigenvalue weighted by Crippen LogP contribution is -2.44. The number of nitrogen functional groups attached to an aromatic ring is 1. The number of pyridine rings is 1. The zero-order valence-electron chi connectivity index (χ0n) is 24.9. The van der Waals surface area contributed by atoms with E-state index >= 15 is 4.39 Å². The van der Waals surface area contributed by atoms with E-state index in [2.05, 4.69) is 10.3 Å². The van der Waals surface area contributed by atoms with Gasteiger partial charge in [0, 0.05) is 34.6 Å². The molecular weight excluding hydrogens is 543 g/mol. The summed E-state index contributed by atoms with van der Waals surface area (Å²) in [5.41, 5.74) is 14.4. The van der Waals surface area contributed by atoms with Gasteiger partial charge in [0.1, 0.15) is 23.2 Å². The summed E-state index contributed by atoms with van der Waals surface area (Å²) in [5, 5.41) is 5.21. The summed E-state index contributed by atoms with van der Waals surface area (Å²) in [5.74, 6) is 0.00529. The number of anilines is 2. The van der Waals surface area contributed by atoms with Gasteiger partial charge < -0.3 is 26.1 Å². The summed E-state index contributed by atoms with van der Waals surface area (Å²) in [6, 6.07) is 19.9. The molecule has 222 valence electrons. The first-order valence-corrected chi connectivity index (χ1v) is 14.5. The Balaban J connectivity index is 1.79. The van der Waals surface area contributed by atoms with Crippen molar-refractivity contribution in [3.8, 4) is 17.0 Å². The molecule has 3 aromatic carbocycles. The van der Waals surface area contributed by atoms with E-state index in [9.17, 15) is 4.79 Å². The third-order valence-electron chi connectivity index (χ3n) is 8.06. The molecule has 0 bridgehead atoms. The van der Waals surface area contributed by atoms with Gasteiger partial charge in [-0.05, 0) is 68.0 Å². The number of hydrogen-bond donors (Lipinski definition) is 3. The lowest BCUT2D eigenvalue weighted by molar-refractivity contribution is -0.126. The molecule has 2 unspecified atom stereocenters. The van der Waals surface area contributed by atoms with Crippen molar-refractivity contribution in [2.24, 2.45) is 5.73 Å². The van der Waals surface area contributed by atoms with E-state index in [1.807, 2.05) is 87.6 Å². The van der Waals surface area contributed by atoms with Crippen molar-refractivity contribution in [3.63, 3.8) is 0 Å². The van der Waals surface area contributed by atoms with Crippen molar-refractivity contribution in [2.45, 2.75) is 52.1 Å². The molecule has 9 heteroatoms. The van der Waals surface area contributed by atoms with Crippen LogP contribution in [0.5, 0.6) is 5.75 Å². The zero-order valence-corrected chi connectivity index (χ0v) is 24.9. The van der Waals surface area contributed by atoms with E-state index in [-0.39, 0.29) is 5.75 Å². The van der Waals surface area contributed by atoms with Gasteiger partial charge in [0.25, 0.3) is 0 Å². The number of halogens is 1. The highest BCUT2D eigenvalue weighted by Gasteiger charge is 2.37. The van der Waals surface area contributed by atoms with Crippen LogP contribution in [0.15, 0.2) is 79.1 Å². The van der Waals surface area contributed by atoms with Gasteiger partial charge in [-0.25, -0.2) is 14.4 Å². The quantitative estimate of drug-likeness (QED) is 0.162. The number of aryl methyl sites for hydroxylation is 1. The van der Waals surface area contributed by atoms with Crippen LogP contribution >= 0.6 is 0 Å². The largest absolute Gasteiger partial charge is 0.491 e. The second-order valence-electron chi connectivity index (χ2n) is 10.7. The molecule has 0 radical (unpaired) electrons. The van der Waals surface area contributed by atoms with Crippen LogP contribution in [0.2, 0.25) is 0 Å².